The van der Waals surface area contributed by atoms with E-state index in [4.69, 9.17) is 19.5 Å². The third-order valence-electron chi connectivity index (χ3n) is 8.18. The monoisotopic (exact) mass is 616 g/mol. The molecule has 4 nitrogen and oxygen atoms in total. The van der Waals surface area contributed by atoms with E-state index in [0.717, 1.165) is 35.5 Å². The molecule has 0 amide bonds. The van der Waals surface area contributed by atoms with Gasteiger partial charge in [0.05, 0.1) is 12.1 Å². The van der Waals surface area contributed by atoms with Crippen molar-refractivity contribution < 1.29 is 9.47 Å². The van der Waals surface area contributed by atoms with E-state index in [1.165, 1.54) is 35.1 Å². The molecule has 250 valence electrons. The van der Waals surface area contributed by atoms with Crippen molar-refractivity contribution in [1.82, 2.24) is 0 Å². The van der Waals surface area contributed by atoms with Crippen LogP contribution in [0, 0.1) is 6.92 Å². The lowest BCUT2D eigenvalue weighted by atomic mass is 9.79. The Balaban J connectivity index is 2.10. The van der Waals surface area contributed by atoms with Gasteiger partial charge in [-0.3, -0.25) is 9.98 Å². The summed E-state index contributed by atoms with van der Waals surface area (Å²) in [5, 5.41) is 0. The average Bonchev–Trinajstić information content (AvgIpc) is 2.84. The van der Waals surface area contributed by atoms with Crippen LogP contribution in [0.3, 0.4) is 0 Å². The van der Waals surface area contributed by atoms with Crippen molar-refractivity contribution >= 4 is 12.4 Å². The first-order valence-electron chi connectivity index (χ1n) is 17.1. The number of rotatable bonds is 6. The number of hydrogen-bond acceptors (Lipinski definition) is 4. The minimum atomic E-state index is -0.323. The zero-order valence-corrected chi connectivity index (χ0v) is 31.7. The molecule has 4 heteroatoms. The largest absolute Gasteiger partial charge is 0.487 e. The average molecular weight is 617 g/mol. The highest BCUT2D eigenvalue weighted by atomic mass is 16.5. The lowest BCUT2D eigenvalue weighted by molar-refractivity contribution is 0.127. The summed E-state index contributed by atoms with van der Waals surface area (Å²) in [5.41, 5.74) is 6.33. The van der Waals surface area contributed by atoms with Gasteiger partial charge in [-0.2, -0.15) is 0 Å². The molecule has 3 rings (SSSR count). The molecule has 45 heavy (non-hydrogen) atoms. The molecule has 1 fully saturated rings. The molecule has 2 aromatic rings. The molecule has 0 aliphatic heterocycles. The van der Waals surface area contributed by atoms with E-state index in [0.29, 0.717) is 0 Å². The summed E-state index contributed by atoms with van der Waals surface area (Å²) >= 11 is 0. The van der Waals surface area contributed by atoms with Gasteiger partial charge in [0.15, 0.2) is 0 Å². The van der Waals surface area contributed by atoms with Gasteiger partial charge in [0, 0.05) is 34.7 Å². The molecule has 1 aliphatic rings. The van der Waals surface area contributed by atoms with E-state index < -0.39 is 0 Å². The molecule has 0 saturated heterocycles. The smallest absolute Gasteiger partial charge is 0.132 e. The Kier molecular flexibility index (Phi) is 10.8. The van der Waals surface area contributed by atoms with Crippen LogP contribution in [0.1, 0.15) is 163 Å². The van der Waals surface area contributed by atoms with Crippen LogP contribution in [0.5, 0.6) is 11.5 Å². The van der Waals surface area contributed by atoms with E-state index in [-0.39, 0.29) is 39.5 Å². The van der Waals surface area contributed by atoms with E-state index in [1.807, 2.05) is 0 Å². The Labute approximate surface area is 276 Å². The molecule has 0 aromatic heterocycles. The molecule has 0 spiro atoms. The Hall–Kier alpha value is -2.62. The van der Waals surface area contributed by atoms with Gasteiger partial charge in [-0.15, -0.1) is 0 Å². The van der Waals surface area contributed by atoms with Gasteiger partial charge < -0.3 is 9.47 Å². The maximum atomic E-state index is 6.70. The summed E-state index contributed by atoms with van der Waals surface area (Å²) in [7, 11) is 0. The number of aliphatic imine (C=N–C) groups is 2. The number of hydrogen-bond donors (Lipinski definition) is 0. The van der Waals surface area contributed by atoms with Crippen LogP contribution in [0.4, 0.5) is 0 Å². The van der Waals surface area contributed by atoms with Gasteiger partial charge >= 0.3 is 0 Å². The lowest BCUT2D eigenvalue weighted by Crippen LogP contribution is -2.29. The second-order valence-electron chi connectivity index (χ2n) is 18.3. The lowest BCUT2D eigenvalue weighted by Gasteiger charge is -2.32. The molecule has 2 atom stereocenters. The van der Waals surface area contributed by atoms with E-state index in [2.05, 4.69) is 147 Å². The SMILES string of the molecule is Cc1cc(C=NC2CCCCC2N=Cc2cc(C(C)(C)C)cc(C(C)(C)C)c2OC(C)(C)C)c(OC(C)(C)C)c(C(C)(C)C)c1. The van der Waals surface area contributed by atoms with Crippen molar-refractivity contribution in [2.75, 3.05) is 0 Å². The van der Waals surface area contributed by atoms with Crippen LogP contribution >= 0.6 is 0 Å². The Morgan fingerprint density at radius 2 is 0.956 bits per heavy atom. The third kappa shape index (κ3) is 10.4. The molecule has 0 radical (unpaired) electrons. The minimum absolute atomic E-state index is 0.00702. The molecular weight excluding hydrogens is 552 g/mol. The zero-order valence-electron chi connectivity index (χ0n) is 31.7. The third-order valence-corrected chi connectivity index (χ3v) is 8.18. The van der Waals surface area contributed by atoms with Crippen LogP contribution < -0.4 is 9.47 Å². The fraction of sp³-hybridized carbons (Fsp3) is 0.659. The van der Waals surface area contributed by atoms with Crippen LogP contribution in [0.15, 0.2) is 34.3 Å². The summed E-state index contributed by atoms with van der Waals surface area (Å²) in [6.45, 7) is 35.3. The normalized spacial score (nSPS) is 19.0. The maximum Gasteiger partial charge on any atom is 0.132 e. The Morgan fingerprint density at radius 3 is 1.33 bits per heavy atom. The Morgan fingerprint density at radius 1 is 0.556 bits per heavy atom. The number of nitrogens with zero attached hydrogens (tertiary/aromatic N) is 2. The summed E-state index contributed by atoms with van der Waals surface area (Å²) in [6, 6.07) is 9.35. The van der Waals surface area contributed by atoms with Gasteiger partial charge in [0.1, 0.15) is 22.7 Å². The van der Waals surface area contributed by atoms with Gasteiger partial charge in [-0.05, 0) is 101 Å². The molecule has 1 aliphatic carbocycles. The van der Waals surface area contributed by atoms with Crippen LogP contribution in [0.2, 0.25) is 0 Å². The standard InChI is InChI=1S/C41H64N2O2/c1-27-21-28(35(44-40(11,12)13)31(22-27)38(5,6)7)25-42-33-19-17-18-20-34(33)43-26-29-23-30(37(2,3)4)24-32(39(8,9)10)36(29)45-41(14,15)16/h21-26,33-34H,17-20H2,1-16H3. The molecule has 0 heterocycles. The zero-order chi connectivity index (χ0) is 34.2. The molecule has 2 aromatic carbocycles. The molecule has 0 N–H and O–H groups in total. The van der Waals surface area contributed by atoms with Crippen LogP contribution in [-0.4, -0.2) is 35.7 Å². The van der Waals surface area contributed by atoms with E-state index in [9.17, 15) is 0 Å². The Bertz CT molecular complexity index is 1380. The second kappa shape index (κ2) is 13.2. The number of benzene rings is 2. The van der Waals surface area contributed by atoms with Crippen LogP contribution in [0.25, 0.3) is 0 Å². The first-order valence-corrected chi connectivity index (χ1v) is 17.1. The molecular formula is C41H64N2O2. The molecule has 0 bridgehead atoms. The van der Waals surface area contributed by atoms with Gasteiger partial charge in [0.2, 0.25) is 0 Å². The number of ether oxygens (including phenoxy) is 2. The quantitative estimate of drug-likeness (QED) is 0.303. The topological polar surface area (TPSA) is 43.2 Å². The van der Waals surface area contributed by atoms with E-state index >= 15 is 0 Å². The van der Waals surface area contributed by atoms with E-state index in [1.54, 1.807) is 0 Å². The van der Waals surface area contributed by atoms with Gasteiger partial charge in [-0.1, -0.05) is 87.3 Å². The minimum Gasteiger partial charge on any atom is -0.487 e. The predicted octanol–water partition coefficient (Wildman–Crippen LogP) is 11.1. The van der Waals surface area contributed by atoms with Crippen molar-refractivity contribution in [1.29, 1.82) is 0 Å². The van der Waals surface area contributed by atoms with Crippen molar-refractivity contribution in [2.24, 2.45) is 9.98 Å². The first kappa shape index (κ1) is 36.8. The van der Waals surface area contributed by atoms with Crippen molar-refractivity contribution in [2.45, 2.75) is 176 Å². The van der Waals surface area contributed by atoms with Crippen LogP contribution in [-0.2, 0) is 16.2 Å². The van der Waals surface area contributed by atoms with Crippen molar-refractivity contribution in [3.63, 3.8) is 0 Å². The predicted molar refractivity (Wildman–Crippen MR) is 196 cm³/mol. The summed E-state index contributed by atoms with van der Waals surface area (Å²) in [6.07, 6.45) is 8.56. The summed E-state index contributed by atoms with van der Waals surface area (Å²) in [5.74, 6) is 1.89. The van der Waals surface area contributed by atoms with Crippen molar-refractivity contribution in [3.05, 3.63) is 57.6 Å². The molecule has 1 saturated carbocycles. The van der Waals surface area contributed by atoms with Crippen molar-refractivity contribution in [3.8, 4) is 11.5 Å². The van der Waals surface area contributed by atoms with Gasteiger partial charge in [-0.25, -0.2) is 0 Å². The summed E-state index contributed by atoms with van der Waals surface area (Å²) in [4.78, 5) is 10.5. The highest BCUT2D eigenvalue weighted by molar-refractivity contribution is 5.86. The highest BCUT2D eigenvalue weighted by Crippen LogP contribution is 2.40. The second-order valence-corrected chi connectivity index (χ2v) is 18.3. The maximum absolute atomic E-state index is 6.70. The molecule has 2 unspecified atom stereocenters. The highest BCUT2D eigenvalue weighted by Gasteiger charge is 2.30. The fourth-order valence-electron chi connectivity index (χ4n) is 5.82. The summed E-state index contributed by atoms with van der Waals surface area (Å²) < 4.78 is 13.3. The first-order chi connectivity index (χ1) is 20.3. The fourth-order valence-corrected chi connectivity index (χ4v) is 5.82. The number of aryl methyl sites for hydroxylation is 1. The van der Waals surface area contributed by atoms with Gasteiger partial charge in [0.25, 0.3) is 0 Å².